The van der Waals surface area contributed by atoms with Crippen molar-refractivity contribution >= 4 is 23.7 Å². The van der Waals surface area contributed by atoms with Crippen LogP contribution in [0.5, 0.6) is 0 Å². The first-order valence-electron chi connectivity index (χ1n) is 11.6. The van der Waals surface area contributed by atoms with E-state index in [2.05, 4.69) is 39.9 Å². The van der Waals surface area contributed by atoms with Gasteiger partial charge in [0.2, 0.25) is 0 Å². The fourth-order valence-corrected chi connectivity index (χ4v) is 4.95. The van der Waals surface area contributed by atoms with Gasteiger partial charge in [-0.05, 0) is 53.6 Å². The third kappa shape index (κ3) is 4.73. The number of fused-ring (bicyclic) bond motifs is 3. The summed E-state index contributed by atoms with van der Waals surface area (Å²) in [4.78, 5) is 40.1. The number of nitrogens with one attached hydrogen (secondary N) is 2. The minimum Gasteiger partial charge on any atom is -0.481 e. The Labute approximate surface area is 202 Å². The number of carbonyl (C=O) groups is 3. The fraction of sp³-hybridized carbons (Fsp3) is 0.259. The molecule has 5 rings (SSSR count). The molecule has 2 aliphatic carbocycles. The van der Waals surface area contributed by atoms with E-state index in [1.54, 1.807) is 6.07 Å². The first kappa shape index (κ1) is 22.6. The summed E-state index contributed by atoms with van der Waals surface area (Å²) in [6.45, 7) is 0.201. The van der Waals surface area contributed by atoms with E-state index in [1.807, 2.05) is 24.3 Å². The molecule has 0 spiro atoms. The summed E-state index contributed by atoms with van der Waals surface area (Å²) >= 11 is 0. The molecule has 0 radical (unpaired) electrons. The van der Waals surface area contributed by atoms with Crippen molar-refractivity contribution in [2.24, 2.45) is 5.92 Å². The van der Waals surface area contributed by atoms with Gasteiger partial charge in [0.1, 0.15) is 12.3 Å². The normalized spacial score (nSPS) is 18.4. The molecule has 2 amide bonds. The van der Waals surface area contributed by atoms with Gasteiger partial charge in [0, 0.05) is 12.0 Å². The number of nitrogens with zero attached hydrogens (tertiary/aromatic N) is 1. The van der Waals surface area contributed by atoms with Crippen molar-refractivity contribution in [3.8, 4) is 11.1 Å². The van der Waals surface area contributed by atoms with Gasteiger partial charge in [-0.25, -0.2) is 9.78 Å². The first-order chi connectivity index (χ1) is 17.0. The number of hydrogen-bond acceptors (Lipinski definition) is 5. The molecular weight excluding hydrogens is 446 g/mol. The van der Waals surface area contributed by atoms with Crippen LogP contribution in [-0.4, -0.2) is 40.7 Å². The lowest BCUT2D eigenvalue weighted by atomic mass is 9.98. The van der Waals surface area contributed by atoms with E-state index in [0.717, 1.165) is 22.3 Å². The Balaban J connectivity index is 1.16. The number of aromatic nitrogens is 1. The number of anilines is 1. The van der Waals surface area contributed by atoms with E-state index >= 15 is 0 Å². The maximum atomic E-state index is 12.4. The van der Waals surface area contributed by atoms with Crippen molar-refractivity contribution in [3.05, 3.63) is 83.7 Å². The molecule has 2 aliphatic rings. The Hall–Kier alpha value is -4.20. The number of pyridine rings is 1. The van der Waals surface area contributed by atoms with Crippen molar-refractivity contribution in [3.63, 3.8) is 0 Å². The molecule has 0 bridgehead atoms. The van der Waals surface area contributed by atoms with Crippen LogP contribution in [0.15, 0.2) is 66.9 Å². The van der Waals surface area contributed by atoms with E-state index in [9.17, 15) is 14.4 Å². The summed E-state index contributed by atoms with van der Waals surface area (Å²) < 4.78 is 5.53. The molecule has 1 aromatic heterocycles. The number of carboxylic acid groups (broad SMARTS) is 1. The highest BCUT2D eigenvalue weighted by molar-refractivity contribution is 5.93. The van der Waals surface area contributed by atoms with Crippen LogP contribution in [-0.2, 0) is 9.53 Å². The minimum atomic E-state index is -0.830. The summed E-state index contributed by atoms with van der Waals surface area (Å²) in [5.74, 6) is -1.65. The molecule has 2 unspecified atom stereocenters. The van der Waals surface area contributed by atoms with Gasteiger partial charge < -0.3 is 15.2 Å². The smallest absolute Gasteiger partial charge is 0.411 e. The standard InChI is InChI=1S/C27H25N3O5/c31-25(29-17-10-9-16(13-17)26(32)33)24-12-11-18(14-28-24)30-27(34)35-15-23-21-7-3-1-5-19(21)20-6-2-4-8-22(20)23/h1-8,11-12,14,16-17,23H,9-10,13,15H2,(H,29,31)(H,30,34)(H,32,33). The van der Waals surface area contributed by atoms with Crippen molar-refractivity contribution in [1.82, 2.24) is 10.3 Å². The third-order valence-corrected chi connectivity index (χ3v) is 6.70. The topological polar surface area (TPSA) is 118 Å². The van der Waals surface area contributed by atoms with Gasteiger partial charge in [0.25, 0.3) is 5.91 Å². The molecule has 8 nitrogen and oxygen atoms in total. The Morgan fingerprint density at radius 3 is 2.23 bits per heavy atom. The Kier molecular flexibility index (Phi) is 6.18. The van der Waals surface area contributed by atoms with E-state index in [-0.39, 0.29) is 30.2 Å². The van der Waals surface area contributed by atoms with Crippen LogP contribution in [0.25, 0.3) is 11.1 Å². The molecule has 3 aromatic rings. The van der Waals surface area contributed by atoms with Gasteiger partial charge in [0.05, 0.1) is 17.8 Å². The lowest BCUT2D eigenvalue weighted by Gasteiger charge is -2.15. The molecule has 8 heteroatoms. The molecule has 35 heavy (non-hydrogen) atoms. The number of amides is 2. The molecule has 2 aromatic carbocycles. The zero-order valence-electron chi connectivity index (χ0n) is 18.9. The first-order valence-corrected chi connectivity index (χ1v) is 11.6. The van der Waals surface area contributed by atoms with Gasteiger partial charge >= 0.3 is 12.1 Å². The monoisotopic (exact) mass is 471 g/mol. The molecule has 2 atom stereocenters. The maximum Gasteiger partial charge on any atom is 0.411 e. The van der Waals surface area contributed by atoms with E-state index in [1.165, 1.54) is 12.3 Å². The Bertz CT molecular complexity index is 1230. The predicted molar refractivity (Wildman–Crippen MR) is 129 cm³/mol. The van der Waals surface area contributed by atoms with Crippen LogP contribution in [0.2, 0.25) is 0 Å². The van der Waals surface area contributed by atoms with Gasteiger partial charge in [0.15, 0.2) is 0 Å². The quantitative estimate of drug-likeness (QED) is 0.490. The summed E-state index contributed by atoms with van der Waals surface area (Å²) in [6, 6.07) is 19.2. The number of hydrogen-bond donors (Lipinski definition) is 3. The summed E-state index contributed by atoms with van der Waals surface area (Å²) in [6.07, 6.45) is 2.39. The van der Waals surface area contributed by atoms with Crippen LogP contribution in [0.3, 0.4) is 0 Å². The number of carboxylic acids is 1. The molecule has 1 heterocycles. The predicted octanol–water partition coefficient (Wildman–Crippen LogP) is 4.43. The Morgan fingerprint density at radius 2 is 1.63 bits per heavy atom. The lowest BCUT2D eigenvalue weighted by molar-refractivity contribution is -0.141. The van der Waals surface area contributed by atoms with Gasteiger partial charge in [-0.1, -0.05) is 48.5 Å². The Morgan fingerprint density at radius 1 is 0.943 bits per heavy atom. The molecule has 1 saturated carbocycles. The van der Waals surface area contributed by atoms with E-state index in [0.29, 0.717) is 24.9 Å². The van der Waals surface area contributed by atoms with E-state index in [4.69, 9.17) is 9.84 Å². The minimum absolute atomic E-state index is 0.0336. The highest BCUT2D eigenvalue weighted by Crippen LogP contribution is 2.44. The average molecular weight is 472 g/mol. The molecule has 0 aliphatic heterocycles. The number of rotatable bonds is 6. The summed E-state index contributed by atoms with van der Waals surface area (Å²) in [7, 11) is 0. The SMILES string of the molecule is O=C(Nc1ccc(C(=O)NC2CCC(C(=O)O)C2)nc1)OCC1c2ccccc2-c2ccccc21. The van der Waals surface area contributed by atoms with Crippen molar-refractivity contribution < 1.29 is 24.2 Å². The third-order valence-electron chi connectivity index (χ3n) is 6.70. The zero-order chi connectivity index (χ0) is 24.4. The van der Waals surface area contributed by atoms with Crippen molar-refractivity contribution in [1.29, 1.82) is 0 Å². The van der Waals surface area contributed by atoms with Gasteiger partial charge in [-0.3, -0.25) is 14.9 Å². The highest BCUT2D eigenvalue weighted by Gasteiger charge is 2.31. The van der Waals surface area contributed by atoms with Crippen molar-refractivity contribution in [2.75, 3.05) is 11.9 Å². The van der Waals surface area contributed by atoms with Crippen LogP contribution >= 0.6 is 0 Å². The van der Waals surface area contributed by atoms with Crippen LogP contribution in [0, 0.1) is 5.92 Å². The molecule has 1 fully saturated rings. The lowest BCUT2D eigenvalue weighted by Crippen LogP contribution is -2.33. The molecule has 178 valence electrons. The number of benzene rings is 2. The number of ether oxygens (including phenoxy) is 1. The molecular formula is C27H25N3O5. The van der Waals surface area contributed by atoms with E-state index < -0.39 is 18.0 Å². The molecule has 3 N–H and O–H groups in total. The van der Waals surface area contributed by atoms with Crippen LogP contribution in [0.1, 0.15) is 46.8 Å². The summed E-state index contributed by atoms with van der Waals surface area (Å²) in [5.41, 5.74) is 5.19. The number of aliphatic carboxylic acids is 1. The zero-order valence-corrected chi connectivity index (χ0v) is 18.9. The fourth-order valence-electron chi connectivity index (χ4n) is 4.95. The maximum absolute atomic E-state index is 12.4. The van der Waals surface area contributed by atoms with Crippen molar-refractivity contribution in [2.45, 2.75) is 31.2 Å². The van der Waals surface area contributed by atoms with Crippen LogP contribution < -0.4 is 10.6 Å². The van der Waals surface area contributed by atoms with Crippen LogP contribution in [0.4, 0.5) is 10.5 Å². The van der Waals surface area contributed by atoms with Gasteiger partial charge in [-0.15, -0.1) is 0 Å². The molecule has 0 saturated heterocycles. The van der Waals surface area contributed by atoms with Gasteiger partial charge in [-0.2, -0.15) is 0 Å². The second-order valence-corrected chi connectivity index (χ2v) is 8.90. The second-order valence-electron chi connectivity index (χ2n) is 8.90. The number of carbonyl (C=O) groups excluding carboxylic acids is 2. The largest absolute Gasteiger partial charge is 0.481 e. The summed E-state index contributed by atoms with van der Waals surface area (Å²) in [5, 5.41) is 14.6. The average Bonchev–Trinajstić information content (AvgIpc) is 3.46. The highest BCUT2D eigenvalue weighted by atomic mass is 16.5. The second kappa shape index (κ2) is 9.58.